The Labute approximate surface area is 152 Å². The molecule has 2 amide bonds. The van der Waals surface area contributed by atoms with Crippen LogP contribution in [0, 0.1) is 0 Å². The van der Waals surface area contributed by atoms with E-state index < -0.39 is 17.9 Å². The molecule has 136 valence electrons. The molecule has 1 aromatic carbocycles. The van der Waals surface area contributed by atoms with E-state index in [1.54, 1.807) is 23.9 Å². The number of ether oxygens (including phenoxy) is 1. The Morgan fingerprint density at radius 3 is 2.48 bits per heavy atom. The van der Waals surface area contributed by atoms with Gasteiger partial charge in [0, 0.05) is 10.6 Å². The van der Waals surface area contributed by atoms with E-state index in [0.717, 1.165) is 4.90 Å². The molecule has 1 unspecified atom stereocenters. The summed E-state index contributed by atoms with van der Waals surface area (Å²) < 4.78 is 5.10. The zero-order chi connectivity index (χ0) is 18.4. The Morgan fingerprint density at radius 2 is 1.96 bits per heavy atom. The number of carbonyl (C=O) groups is 2. The van der Waals surface area contributed by atoms with Gasteiger partial charge in [-0.15, -0.1) is 11.8 Å². The number of aliphatic hydroxyl groups is 1. The summed E-state index contributed by atoms with van der Waals surface area (Å²) in [5, 5.41) is 12.7. The van der Waals surface area contributed by atoms with Crippen molar-refractivity contribution in [3.8, 4) is 0 Å². The highest BCUT2D eigenvalue weighted by Crippen LogP contribution is 2.29. The second-order valence-corrected chi connectivity index (χ2v) is 6.61. The Hall–Kier alpha value is -1.99. The van der Waals surface area contributed by atoms with E-state index in [0.29, 0.717) is 5.69 Å². The summed E-state index contributed by atoms with van der Waals surface area (Å²) in [7, 11) is 0. The second kappa shape index (κ2) is 8.92. The van der Waals surface area contributed by atoms with Gasteiger partial charge in [-0.3, -0.25) is 9.59 Å². The Bertz CT molecular complexity index is 656. The second-order valence-electron chi connectivity index (χ2n) is 5.73. The van der Waals surface area contributed by atoms with Crippen molar-refractivity contribution in [3.63, 3.8) is 0 Å². The van der Waals surface area contributed by atoms with Crippen molar-refractivity contribution in [1.82, 2.24) is 4.90 Å². The average Bonchev–Trinajstić information content (AvgIpc) is 3.20. The zero-order valence-corrected chi connectivity index (χ0v) is 15.6. The summed E-state index contributed by atoms with van der Waals surface area (Å²) in [6.07, 6.45) is 4.60. The average molecular weight is 364 g/mol. The number of anilines is 1. The van der Waals surface area contributed by atoms with Crippen molar-refractivity contribution in [2.24, 2.45) is 0 Å². The molecule has 2 heterocycles. The molecular weight excluding hydrogens is 340 g/mol. The number of benzene rings is 1. The van der Waals surface area contributed by atoms with Gasteiger partial charge in [-0.2, -0.15) is 0 Å². The minimum absolute atomic E-state index is 0.104. The van der Waals surface area contributed by atoms with Crippen LogP contribution in [0.25, 0.3) is 0 Å². The van der Waals surface area contributed by atoms with E-state index in [-0.39, 0.29) is 24.7 Å². The molecule has 0 saturated carbocycles. The molecule has 1 atom stereocenters. The first-order valence-corrected chi connectivity index (χ1v) is 9.53. The van der Waals surface area contributed by atoms with Gasteiger partial charge < -0.3 is 20.1 Å². The van der Waals surface area contributed by atoms with E-state index in [4.69, 9.17) is 4.74 Å². The lowest BCUT2D eigenvalue weighted by Crippen LogP contribution is -2.32. The number of hydrogen-bond donors (Lipinski definition) is 2. The molecule has 25 heavy (non-hydrogen) atoms. The number of fused-ring (bicyclic) bond motifs is 1. The molecule has 3 rings (SSSR count). The van der Waals surface area contributed by atoms with Crippen LogP contribution in [0.1, 0.15) is 26.7 Å². The molecule has 0 bridgehead atoms. The van der Waals surface area contributed by atoms with Gasteiger partial charge in [0.1, 0.15) is 24.1 Å². The topological polar surface area (TPSA) is 78.9 Å². The maximum Gasteiger partial charge on any atom is 0.265 e. The van der Waals surface area contributed by atoms with Gasteiger partial charge in [-0.05, 0) is 30.5 Å². The summed E-state index contributed by atoms with van der Waals surface area (Å²) in [5.74, 6) is -1.30. The number of hydrogen-bond acceptors (Lipinski definition) is 5. The lowest BCUT2D eigenvalue weighted by atomic mass is 10.2. The van der Waals surface area contributed by atoms with Crippen molar-refractivity contribution in [3.05, 3.63) is 35.6 Å². The predicted molar refractivity (Wildman–Crippen MR) is 98.5 cm³/mol. The predicted octanol–water partition coefficient (Wildman–Crippen LogP) is 3.16. The normalized spacial score (nSPS) is 18.8. The van der Waals surface area contributed by atoms with Gasteiger partial charge in [-0.1, -0.05) is 26.7 Å². The molecule has 2 N–H and O–H groups in total. The monoisotopic (exact) mass is 364 g/mol. The molecule has 0 aromatic heterocycles. The number of nitrogens with zero attached hydrogens (tertiary/aromatic N) is 1. The largest absolute Gasteiger partial charge is 0.509 e. The highest BCUT2D eigenvalue weighted by Gasteiger charge is 2.45. The highest BCUT2D eigenvalue weighted by atomic mass is 32.2. The van der Waals surface area contributed by atoms with Crippen LogP contribution in [-0.4, -0.2) is 47.5 Å². The van der Waals surface area contributed by atoms with Crippen molar-refractivity contribution < 1.29 is 19.4 Å². The smallest absolute Gasteiger partial charge is 0.265 e. The summed E-state index contributed by atoms with van der Waals surface area (Å²) in [5.41, 5.74) is 0.381. The molecule has 0 aliphatic carbocycles. The van der Waals surface area contributed by atoms with Gasteiger partial charge in [0.05, 0.1) is 6.61 Å². The Morgan fingerprint density at radius 1 is 1.32 bits per heavy atom. The quantitative estimate of drug-likeness (QED) is 0.634. The van der Waals surface area contributed by atoms with Crippen molar-refractivity contribution >= 4 is 29.3 Å². The number of rotatable bonds is 4. The number of nitrogens with one attached hydrogen (secondary N) is 1. The summed E-state index contributed by atoms with van der Waals surface area (Å²) in [4.78, 5) is 26.7. The fourth-order valence-electron chi connectivity index (χ4n) is 2.37. The Balaban J connectivity index is 0.000000511. The fraction of sp³-hybridized carbons (Fsp3) is 0.444. The molecule has 1 saturated heterocycles. The molecule has 0 radical (unpaired) electrons. The van der Waals surface area contributed by atoms with Gasteiger partial charge in [0.15, 0.2) is 0 Å². The first-order chi connectivity index (χ1) is 12.0. The van der Waals surface area contributed by atoms with E-state index >= 15 is 0 Å². The van der Waals surface area contributed by atoms with Crippen LogP contribution >= 0.6 is 11.8 Å². The van der Waals surface area contributed by atoms with E-state index in [1.165, 1.54) is 17.7 Å². The van der Waals surface area contributed by atoms with E-state index in [1.807, 2.05) is 18.4 Å². The van der Waals surface area contributed by atoms with Crippen molar-refractivity contribution in [2.45, 2.75) is 37.6 Å². The molecular formula is C18H24N2O4S. The number of amides is 2. The molecule has 6 nitrogen and oxygen atoms in total. The van der Waals surface area contributed by atoms with E-state index in [9.17, 15) is 14.7 Å². The molecule has 2 aliphatic rings. The third-order valence-electron chi connectivity index (χ3n) is 4.00. The molecule has 1 fully saturated rings. The summed E-state index contributed by atoms with van der Waals surface area (Å²) in [6.45, 7) is 4.68. The zero-order valence-electron chi connectivity index (χ0n) is 14.7. The van der Waals surface area contributed by atoms with Gasteiger partial charge in [-0.25, -0.2) is 0 Å². The molecule has 1 aromatic rings. The maximum absolute atomic E-state index is 12.2. The lowest BCUT2D eigenvalue weighted by molar-refractivity contribution is -0.129. The number of thioether (sulfide) groups is 1. The first-order valence-electron chi connectivity index (χ1n) is 8.30. The lowest BCUT2D eigenvalue weighted by Gasteiger charge is -2.12. The minimum Gasteiger partial charge on any atom is -0.509 e. The number of unbranched alkanes of at least 4 members (excludes halogenated alkanes) is 1. The van der Waals surface area contributed by atoms with Gasteiger partial charge >= 0.3 is 0 Å². The SMILES string of the molecule is CCCC.CSc1ccc(NC(=O)C2=C(O)C3COCN3C2=O)cc1. The van der Waals surface area contributed by atoms with E-state index in [2.05, 4.69) is 19.2 Å². The highest BCUT2D eigenvalue weighted by molar-refractivity contribution is 7.98. The third-order valence-corrected chi connectivity index (χ3v) is 4.75. The molecule has 2 aliphatic heterocycles. The van der Waals surface area contributed by atoms with Crippen LogP contribution < -0.4 is 5.32 Å². The summed E-state index contributed by atoms with van der Waals surface area (Å²) in [6, 6.07) is 6.72. The van der Waals surface area contributed by atoms with Crippen LogP contribution in [0.2, 0.25) is 0 Å². The van der Waals surface area contributed by atoms with Crippen molar-refractivity contribution in [1.29, 1.82) is 0 Å². The first kappa shape index (κ1) is 19.3. The van der Waals surface area contributed by atoms with Crippen LogP contribution in [-0.2, 0) is 14.3 Å². The molecule has 0 spiro atoms. The number of aliphatic hydroxyl groups excluding tert-OH is 1. The minimum atomic E-state index is -0.594. The van der Waals surface area contributed by atoms with Crippen molar-refractivity contribution in [2.75, 3.05) is 24.9 Å². The maximum atomic E-state index is 12.2. The van der Waals surface area contributed by atoms with Gasteiger partial charge in [0.25, 0.3) is 11.8 Å². The number of carbonyl (C=O) groups excluding carboxylic acids is 2. The van der Waals surface area contributed by atoms with Gasteiger partial charge in [0.2, 0.25) is 0 Å². The Kier molecular flexibility index (Phi) is 6.90. The van der Waals surface area contributed by atoms with Crippen LogP contribution in [0.5, 0.6) is 0 Å². The summed E-state index contributed by atoms with van der Waals surface area (Å²) >= 11 is 1.60. The van der Waals surface area contributed by atoms with Crippen LogP contribution in [0.3, 0.4) is 0 Å². The standard InChI is InChI=1S/C14H14N2O4S.C4H10/c1-21-9-4-2-8(3-5-9)15-13(18)11-12(17)10-6-20-7-16(10)14(11)19;1-3-4-2/h2-5,10,17H,6-7H2,1H3,(H,15,18);3-4H2,1-2H3. The third kappa shape index (κ3) is 4.35. The fourth-order valence-corrected chi connectivity index (χ4v) is 2.78. The van der Waals surface area contributed by atoms with Crippen LogP contribution in [0.4, 0.5) is 5.69 Å². The van der Waals surface area contributed by atoms with Crippen LogP contribution in [0.15, 0.2) is 40.5 Å². The molecule has 7 heteroatoms.